The number of ether oxygens (including phenoxy) is 2. The van der Waals surface area contributed by atoms with Gasteiger partial charge in [0.1, 0.15) is 11.6 Å². The lowest BCUT2D eigenvalue weighted by Gasteiger charge is -2.29. The molecule has 1 aromatic carbocycles. The quantitative estimate of drug-likeness (QED) is 0.914. The van der Waals surface area contributed by atoms with Gasteiger partial charge in [-0.05, 0) is 19.9 Å². The number of carbonyl (C=O) groups is 1. The Bertz CT molecular complexity index is 502. The van der Waals surface area contributed by atoms with Gasteiger partial charge in [-0.1, -0.05) is 6.07 Å². The van der Waals surface area contributed by atoms with Crippen LogP contribution in [0.1, 0.15) is 25.5 Å². The number of benzene rings is 1. The van der Waals surface area contributed by atoms with Crippen molar-refractivity contribution >= 4 is 5.91 Å². The number of halogens is 1. The first-order valence-corrected chi connectivity index (χ1v) is 7.07. The topological polar surface area (TPSA) is 64.8 Å². The molecule has 0 saturated carbocycles. The molecule has 1 aliphatic heterocycles. The van der Waals surface area contributed by atoms with E-state index in [1.54, 1.807) is 30.9 Å². The molecule has 1 aliphatic rings. The maximum absolute atomic E-state index is 13.8. The summed E-state index contributed by atoms with van der Waals surface area (Å²) in [5.74, 6) is -0.213. The van der Waals surface area contributed by atoms with E-state index in [9.17, 15) is 9.18 Å². The number of morpholine rings is 1. The normalized spacial score (nSPS) is 18.2. The second-order valence-corrected chi connectivity index (χ2v) is 5.17. The van der Waals surface area contributed by atoms with Crippen LogP contribution in [-0.2, 0) is 9.53 Å². The Morgan fingerprint density at radius 2 is 2.05 bits per heavy atom. The molecule has 2 atom stereocenters. The van der Waals surface area contributed by atoms with Crippen molar-refractivity contribution in [3.63, 3.8) is 0 Å². The van der Waals surface area contributed by atoms with E-state index in [0.717, 1.165) is 0 Å². The lowest BCUT2D eigenvalue weighted by Crippen LogP contribution is -2.46. The zero-order valence-corrected chi connectivity index (χ0v) is 12.3. The van der Waals surface area contributed by atoms with Crippen molar-refractivity contribution in [2.24, 2.45) is 5.73 Å². The standard InChI is InChI=1S/C15H21FN2O3/c1-10(17)13-4-3-12(9-14(13)16)21-11(2)15(19)18-5-7-20-8-6-18/h3-4,9-11H,5-8,17H2,1-2H3/t10-,11?/m1/s1. The molecule has 116 valence electrons. The van der Waals surface area contributed by atoms with Crippen molar-refractivity contribution in [1.82, 2.24) is 4.90 Å². The SMILES string of the molecule is CC(Oc1ccc([C@@H](C)N)c(F)c1)C(=O)N1CCOCC1. The summed E-state index contributed by atoms with van der Waals surface area (Å²) in [4.78, 5) is 13.9. The predicted molar refractivity (Wildman–Crippen MR) is 76.5 cm³/mol. The average molecular weight is 296 g/mol. The minimum atomic E-state index is -0.663. The van der Waals surface area contributed by atoms with Crippen molar-refractivity contribution < 1.29 is 18.7 Å². The predicted octanol–water partition coefficient (Wildman–Crippen LogP) is 1.47. The minimum absolute atomic E-state index is 0.116. The van der Waals surface area contributed by atoms with Crippen LogP contribution in [0.2, 0.25) is 0 Å². The van der Waals surface area contributed by atoms with Crippen LogP contribution in [0.5, 0.6) is 5.75 Å². The maximum atomic E-state index is 13.8. The third-order valence-electron chi connectivity index (χ3n) is 3.45. The van der Waals surface area contributed by atoms with Crippen molar-refractivity contribution in [1.29, 1.82) is 0 Å². The fourth-order valence-electron chi connectivity index (χ4n) is 2.25. The van der Waals surface area contributed by atoms with Gasteiger partial charge in [-0.2, -0.15) is 0 Å². The molecule has 0 bridgehead atoms. The van der Waals surface area contributed by atoms with Crippen LogP contribution in [0, 0.1) is 5.82 Å². The van der Waals surface area contributed by atoms with Gasteiger partial charge in [0.25, 0.3) is 5.91 Å². The molecule has 6 heteroatoms. The lowest BCUT2D eigenvalue weighted by atomic mass is 10.1. The number of hydrogen-bond donors (Lipinski definition) is 1. The molecule has 0 radical (unpaired) electrons. The molecule has 21 heavy (non-hydrogen) atoms. The molecule has 2 rings (SSSR count). The van der Waals surface area contributed by atoms with Gasteiger partial charge in [0, 0.05) is 30.8 Å². The molecule has 1 heterocycles. The van der Waals surface area contributed by atoms with E-state index in [1.807, 2.05) is 0 Å². The summed E-state index contributed by atoms with van der Waals surface area (Å²) in [5.41, 5.74) is 6.08. The highest BCUT2D eigenvalue weighted by Crippen LogP contribution is 2.21. The fraction of sp³-hybridized carbons (Fsp3) is 0.533. The summed E-state index contributed by atoms with van der Waals surface area (Å²) in [6.45, 7) is 5.57. The monoisotopic (exact) mass is 296 g/mol. The van der Waals surface area contributed by atoms with E-state index in [4.69, 9.17) is 15.2 Å². The Morgan fingerprint density at radius 1 is 1.38 bits per heavy atom. The van der Waals surface area contributed by atoms with Crippen LogP contribution >= 0.6 is 0 Å². The van der Waals surface area contributed by atoms with Crippen molar-refractivity contribution in [3.8, 4) is 5.75 Å². The summed E-state index contributed by atoms with van der Waals surface area (Å²) < 4.78 is 24.6. The van der Waals surface area contributed by atoms with Crippen LogP contribution in [0.4, 0.5) is 4.39 Å². The van der Waals surface area contributed by atoms with E-state index in [0.29, 0.717) is 37.6 Å². The Morgan fingerprint density at radius 3 is 2.62 bits per heavy atom. The maximum Gasteiger partial charge on any atom is 0.263 e. The summed E-state index contributed by atoms with van der Waals surface area (Å²) in [6.07, 6.45) is -0.663. The average Bonchev–Trinajstić information content (AvgIpc) is 2.47. The van der Waals surface area contributed by atoms with Gasteiger partial charge in [-0.25, -0.2) is 4.39 Å². The highest BCUT2D eigenvalue weighted by molar-refractivity contribution is 5.81. The summed E-state index contributed by atoms with van der Waals surface area (Å²) in [7, 11) is 0. The van der Waals surface area contributed by atoms with Crippen LogP contribution in [0.25, 0.3) is 0 Å². The molecule has 1 saturated heterocycles. The third-order valence-corrected chi connectivity index (χ3v) is 3.45. The molecule has 1 fully saturated rings. The van der Waals surface area contributed by atoms with E-state index in [2.05, 4.69) is 0 Å². The second-order valence-electron chi connectivity index (χ2n) is 5.17. The Hall–Kier alpha value is -1.66. The van der Waals surface area contributed by atoms with Gasteiger partial charge in [-0.3, -0.25) is 4.79 Å². The van der Waals surface area contributed by atoms with Crippen LogP contribution in [-0.4, -0.2) is 43.2 Å². The van der Waals surface area contributed by atoms with E-state index >= 15 is 0 Å². The Labute approximate surface area is 123 Å². The summed E-state index contributed by atoms with van der Waals surface area (Å²) >= 11 is 0. The molecule has 1 unspecified atom stereocenters. The van der Waals surface area contributed by atoms with Crippen molar-refractivity contribution in [2.75, 3.05) is 26.3 Å². The fourth-order valence-corrected chi connectivity index (χ4v) is 2.25. The number of carbonyl (C=O) groups excluding carboxylic acids is 1. The molecule has 1 amide bonds. The van der Waals surface area contributed by atoms with E-state index in [1.165, 1.54) is 6.07 Å². The molecule has 0 aromatic heterocycles. The lowest BCUT2D eigenvalue weighted by molar-refractivity contribution is -0.142. The second kappa shape index (κ2) is 6.87. The number of nitrogens with two attached hydrogens (primary N) is 1. The summed E-state index contributed by atoms with van der Waals surface area (Å²) in [6, 6.07) is 4.10. The van der Waals surface area contributed by atoms with Gasteiger partial charge >= 0.3 is 0 Å². The molecular weight excluding hydrogens is 275 g/mol. The first-order valence-electron chi connectivity index (χ1n) is 7.07. The number of amides is 1. The number of hydrogen-bond acceptors (Lipinski definition) is 4. The summed E-state index contributed by atoms with van der Waals surface area (Å²) in [5, 5.41) is 0. The van der Waals surface area contributed by atoms with Gasteiger partial charge < -0.3 is 20.1 Å². The van der Waals surface area contributed by atoms with Crippen LogP contribution in [0.3, 0.4) is 0 Å². The van der Waals surface area contributed by atoms with Gasteiger partial charge in [0.2, 0.25) is 0 Å². The molecule has 0 spiro atoms. The van der Waals surface area contributed by atoms with Crippen molar-refractivity contribution in [2.45, 2.75) is 26.0 Å². The first kappa shape index (κ1) is 15.7. The number of nitrogens with zero attached hydrogens (tertiary/aromatic N) is 1. The Kier molecular flexibility index (Phi) is 5.14. The van der Waals surface area contributed by atoms with Gasteiger partial charge in [0.15, 0.2) is 6.10 Å². The zero-order chi connectivity index (χ0) is 15.4. The molecule has 1 aromatic rings. The van der Waals surface area contributed by atoms with Crippen LogP contribution in [0.15, 0.2) is 18.2 Å². The first-order chi connectivity index (χ1) is 9.99. The van der Waals surface area contributed by atoms with Gasteiger partial charge in [-0.15, -0.1) is 0 Å². The van der Waals surface area contributed by atoms with Gasteiger partial charge in [0.05, 0.1) is 13.2 Å². The third kappa shape index (κ3) is 3.92. The smallest absolute Gasteiger partial charge is 0.263 e. The zero-order valence-electron chi connectivity index (χ0n) is 12.3. The van der Waals surface area contributed by atoms with E-state index in [-0.39, 0.29) is 11.9 Å². The highest BCUT2D eigenvalue weighted by atomic mass is 19.1. The molecular formula is C15H21FN2O3. The molecule has 2 N–H and O–H groups in total. The number of rotatable bonds is 4. The largest absolute Gasteiger partial charge is 0.481 e. The van der Waals surface area contributed by atoms with Crippen LogP contribution < -0.4 is 10.5 Å². The highest BCUT2D eigenvalue weighted by Gasteiger charge is 2.24. The molecule has 5 nitrogen and oxygen atoms in total. The van der Waals surface area contributed by atoms with E-state index < -0.39 is 11.9 Å². The molecule has 0 aliphatic carbocycles. The van der Waals surface area contributed by atoms with Crippen molar-refractivity contribution in [3.05, 3.63) is 29.6 Å². The minimum Gasteiger partial charge on any atom is -0.481 e. The Balaban J connectivity index is 2.00.